The van der Waals surface area contributed by atoms with Crippen molar-refractivity contribution in [1.29, 1.82) is 15.8 Å². The van der Waals surface area contributed by atoms with Gasteiger partial charge in [0.1, 0.15) is 6.07 Å². The summed E-state index contributed by atoms with van der Waals surface area (Å²) in [5.41, 5.74) is 11.8. The van der Waals surface area contributed by atoms with Crippen LogP contribution in [0.15, 0.2) is 200 Å². The van der Waals surface area contributed by atoms with Gasteiger partial charge in [0.05, 0.1) is 81.0 Å². The maximum absolute atomic E-state index is 15.8. The number of fused-ring (bicyclic) bond motifs is 6. The molecule has 0 amide bonds. The van der Waals surface area contributed by atoms with Crippen LogP contribution in [-0.2, 0) is 6.18 Å². The maximum atomic E-state index is 15.8. The lowest BCUT2D eigenvalue weighted by Gasteiger charge is -2.22. The number of aryl methyl sites for hydroxylation is 1. The van der Waals surface area contributed by atoms with Crippen molar-refractivity contribution in [3.63, 3.8) is 0 Å². The van der Waals surface area contributed by atoms with Gasteiger partial charge in [-0.05, 0) is 124 Å². The van der Waals surface area contributed by atoms with Crippen molar-refractivity contribution < 1.29 is 13.2 Å². The molecule has 0 bridgehead atoms. The van der Waals surface area contributed by atoms with Crippen LogP contribution in [0.4, 0.5) is 24.5 Å². The Morgan fingerprint density at radius 1 is 0.390 bits per heavy atom. The SMILES string of the molecule is [C-]#[N+]c1ccc(-c2ccc3c4ccc(-c5ccc(C#N)cc5)cc4n(-c4cc(-c5ccc(C)cc5C(F)(F)F)c(-n5c6cc(-c7ccc(C#N)cc7)ccc6c6ccc(-c7ccc([N+]#[C-])cc7)cc65)cc4C#N)c3c2)cc1. The summed E-state index contributed by atoms with van der Waals surface area (Å²) in [6, 6.07) is 67.5. The fourth-order valence-electron chi connectivity index (χ4n) is 10.6. The lowest BCUT2D eigenvalue weighted by molar-refractivity contribution is -0.137. The van der Waals surface area contributed by atoms with Crippen LogP contribution in [0.5, 0.6) is 0 Å². The van der Waals surface area contributed by atoms with E-state index in [2.05, 4.69) is 27.9 Å². The number of alkyl halides is 3. The summed E-state index contributed by atoms with van der Waals surface area (Å²) in [7, 11) is 0. The Labute approximate surface area is 440 Å². The van der Waals surface area contributed by atoms with E-state index in [0.29, 0.717) is 61.5 Å². The molecule has 0 fully saturated rings. The zero-order valence-electron chi connectivity index (χ0n) is 40.8. The molecule has 10 heteroatoms. The smallest absolute Gasteiger partial charge is 0.309 e. The molecule has 10 aromatic carbocycles. The van der Waals surface area contributed by atoms with Crippen molar-refractivity contribution in [2.75, 3.05) is 0 Å². The average Bonchev–Trinajstić information content (AvgIpc) is 4.20. The Bertz CT molecular complexity index is 4410. The molecule has 0 unspecified atom stereocenters. The minimum Gasteiger partial charge on any atom is -0.309 e. The molecule has 0 spiro atoms. The fourth-order valence-corrected chi connectivity index (χ4v) is 10.6. The van der Waals surface area contributed by atoms with Crippen LogP contribution in [0.1, 0.15) is 27.8 Å². The highest BCUT2D eigenvalue weighted by atomic mass is 19.4. The summed E-state index contributed by atoms with van der Waals surface area (Å²) in [4.78, 5) is 7.15. The standard InChI is InChI=1S/C67H36F3N7/c1-40-4-25-54(60(30-40)67(68,69)70)59-36-61(76-62-31-47(43-9-5-41(37-71)6-10-43)17-26-55(62)56-27-19-49(32-63(56)76)45-13-21-52(74-2)22-14-45)51(39-73)35-66(59)77-64-33-48(44-11-7-42(38-72)8-12-44)18-28-57(64)58-29-20-50(34-65(58)77)46-15-23-53(75-3)24-16-46/h4-36H,1H3. The molecular weight excluding hydrogens is 960 g/mol. The highest BCUT2D eigenvalue weighted by Crippen LogP contribution is 2.46. The van der Waals surface area contributed by atoms with Crippen LogP contribution in [-0.4, -0.2) is 9.13 Å². The van der Waals surface area contributed by atoms with Crippen molar-refractivity contribution in [1.82, 2.24) is 9.13 Å². The monoisotopic (exact) mass is 995 g/mol. The van der Waals surface area contributed by atoms with Gasteiger partial charge in [0.2, 0.25) is 0 Å². The number of nitrogens with zero attached hydrogens (tertiary/aromatic N) is 7. The Balaban J connectivity index is 1.21. The molecule has 7 nitrogen and oxygen atoms in total. The second kappa shape index (κ2) is 18.5. The largest absolute Gasteiger partial charge is 0.417 e. The molecule has 12 rings (SSSR count). The van der Waals surface area contributed by atoms with Gasteiger partial charge in [-0.2, -0.15) is 29.0 Å². The van der Waals surface area contributed by atoms with Crippen LogP contribution in [0.25, 0.3) is 120 Å². The quantitative estimate of drug-likeness (QED) is 0.149. The second-order valence-electron chi connectivity index (χ2n) is 18.8. The number of benzene rings is 10. The van der Waals surface area contributed by atoms with Crippen LogP contribution >= 0.6 is 0 Å². The number of aromatic nitrogens is 2. The van der Waals surface area contributed by atoms with E-state index in [1.807, 2.05) is 130 Å². The first-order valence-electron chi connectivity index (χ1n) is 24.4. The van der Waals surface area contributed by atoms with E-state index in [9.17, 15) is 15.8 Å². The van der Waals surface area contributed by atoms with Gasteiger partial charge in [-0.1, -0.05) is 139 Å². The van der Waals surface area contributed by atoms with Crippen molar-refractivity contribution in [2.24, 2.45) is 0 Å². The van der Waals surface area contributed by atoms with Gasteiger partial charge in [-0.3, -0.25) is 0 Å². The number of hydrogen-bond acceptors (Lipinski definition) is 3. The minimum atomic E-state index is -4.79. The Morgan fingerprint density at radius 2 is 0.753 bits per heavy atom. The Morgan fingerprint density at radius 3 is 1.10 bits per heavy atom. The van der Waals surface area contributed by atoms with Crippen LogP contribution in [0.3, 0.4) is 0 Å². The van der Waals surface area contributed by atoms with E-state index < -0.39 is 11.7 Å². The van der Waals surface area contributed by atoms with E-state index in [4.69, 9.17) is 13.1 Å². The van der Waals surface area contributed by atoms with Gasteiger partial charge in [0.15, 0.2) is 11.4 Å². The van der Waals surface area contributed by atoms with E-state index in [1.54, 1.807) is 73.7 Å². The predicted molar refractivity (Wildman–Crippen MR) is 299 cm³/mol. The minimum absolute atomic E-state index is 0.0902. The second-order valence-corrected chi connectivity index (χ2v) is 18.8. The Kier molecular flexibility index (Phi) is 11.3. The van der Waals surface area contributed by atoms with E-state index in [-0.39, 0.29) is 16.7 Å². The normalized spacial score (nSPS) is 11.3. The molecule has 12 aromatic rings. The van der Waals surface area contributed by atoms with Crippen LogP contribution in [0, 0.1) is 54.1 Å². The van der Waals surface area contributed by atoms with Crippen LogP contribution < -0.4 is 0 Å². The zero-order valence-corrected chi connectivity index (χ0v) is 40.8. The summed E-state index contributed by atoms with van der Waals surface area (Å²) >= 11 is 0. The number of halogens is 3. The van der Waals surface area contributed by atoms with E-state index >= 15 is 13.2 Å². The highest BCUT2D eigenvalue weighted by Gasteiger charge is 2.35. The Hall–Kier alpha value is -11.0. The zero-order chi connectivity index (χ0) is 53.1. The third-order valence-electron chi connectivity index (χ3n) is 14.4. The summed E-state index contributed by atoms with van der Waals surface area (Å²) in [6.07, 6.45) is -4.79. The molecule has 0 saturated heterocycles. The average molecular weight is 996 g/mol. The third-order valence-corrected chi connectivity index (χ3v) is 14.4. The topological polar surface area (TPSA) is 89.9 Å². The van der Waals surface area contributed by atoms with Gasteiger partial charge in [0.25, 0.3) is 0 Å². The number of hydrogen-bond donors (Lipinski definition) is 0. The van der Waals surface area contributed by atoms with Gasteiger partial charge >= 0.3 is 6.18 Å². The maximum Gasteiger partial charge on any atom is 0.417 e. The first-order chi connectivity index (χ1) is 37.4. The molecule has 2 heterocycles. The summed E-state index contributed by atoms with van der Waals surface area (Å²) in [6.45, 7) is 16.7. The fraction of sp³-hybridized carbons (Fsp3) is 0.0299. The summed E-state index contributed by atoms with van der Waals surface area (Å²) < 4.78 is 51.3. The van der Waals surface area contributed by atoms with Crippen molar-refractivity contribution in [3.8, 4) is 85.2 Å². The molecule has 360 valence electrons. The summed E-state index contributed by atoms with van der Waals surface area (Å²) in [5, 5.41) is 34.1. The van der Waals surface area contributed by atoms with Crippen molar-refractivity contribution in [3.05, 3.63) is 251 Å². The van der Waals surface area contributed by atoms with Crippen molar-refractivity contribution in [2.45, 2.75) is 13.1 Å². The van der Waals surface area contributed by atoms with Gasteiger partial charge in [-0.15, -0.1) is 0 Å². The lowest BCUT2D eigenvalue weighted by atomic mass is 9.93. The van der Waals surface area contributed by atoms with Crippen molar-refractivity contribution >= 4 is 55.0 Å². The molecule has 0 radical (unpaired) electrons. The third kappa shape index (κ3) is 8.15. The summed E-state index contributed by atoms with van der Waals surface area (Å²) in [5.74, 6) is 0. The molecule has 0 aliphatic carbocycles. The van der Waals surface area contributed by atoms with E-state index in [1.165, 1.54) is 6.07 Å². The van der Waals surface area contributed by atoms with Gasteiger partial charge < -0.3 is 9.13 Å². The first kappa shape index (κ1) is 47.1. The predicted octanol–water partition coefficient (Wildman–Crippen LogP) is 18.3. The lowest BCUT2D eigenvalue weighted by Crippen LogP contribution is -2.10. The van der Waals surface area contributed by atoms with Gasteiger partial charge in [0, 0.05) is 27.1 Å². The molecular formula is C67H36F3N7. The molecule has 2 aromatic heterocycles. The molecule has 0 aliphatic heterocycles. The first-order valence-corrected chi connectivity index (χ1v) is 24.4. The number of nitriles is 3. The molecule has 77 heavy (non-hydrogen) atoms. The molecule has 0 saturated carbocycles. The number of rotatable bonds is 7. The molecule has 0 N–H and O–H groups in total. The van der Waals surface area contributed by atoms with Crippen LogP contribution in [0.2, 0.25) is 0 Å². The van der Waals surface area contributed by atoms with E-state index in [0.717, 1.165) is 72.1 Å². The highest BCUT2D eigenvalue weighted by molar-refractivity contribution is 6.13. The van der Waals surface area contributed by atoms with Gasteiger partial charge in [-0.25, -0.2) is 9.69 Å². The molecule has 0 atom stereocenters. The molecule has 0 aliphatic rings.